The fourth-order valence-electron chi connectivity index (χ4n) is 2.98. The molecular formula is C23H31N3O4. The maximum absolute atomic E-state index is 12.6. The molecule has 7 nitrogen and oxygen atoms in total. The van der Waals surface area contributed by atoms with Crippen molar-refractivity contribution in [2.24, 2.45) is 5.92 Å². The van der Waals surface area contributed by atoms with Gasteiger partial charge in [-0.1, -0.05) is 50.2 Å². The molecule has 0 aliphatic heterocycles. The zero-order chi connectivity index (χ0) is 21.9. The number of carbonyl (C=O) groups excluding carboxylic acids is 2. The molecule has 0 heterocycles. The zero-order valence-corrected chi connectivity index (χ0v) is 18.0. The second-order valence-corrected chi connectivity index (χ2v) is 7.26. The second kappa shape index (κ2) is 11.7. The van der Waals surface area contributed by atoms with Gasteiger partial charge in [-0.15, -0.1) is 0 Å². The van der Waals surface area contributed by atoms with E-state index in [1.807, 2.05) is 62.4 Å². The monoisotopic (exact) mass is 413 g/mol. The lowest BCUT2D eigenvalue weighted by Crippen LogP contribution is -2.52. The van der Waals surface area contributed by atoms with Crippen LogP contribution in [0.15, 0.2) is 48.5 Å². The van der Waals surface area contributed by atoms with E-state index in [0.717, 1.165) is 11.1 Å². The van der Waals surface area contributed by atoms with Gasteiger partial charge in [0, 0.05) is 13.1 Å². The third kappa shape index (κ3) is 6.99. The second-order valence-electron chi connectivity index (χ2n) is 7.26. The van der Waals surface area contributed by atoms with Crippen molar-refractivity contribution in [3.63, 3.8) is 0 Å². The highest BCUT2D eigenvalue weighted by atomic mass is 16.5. The molecule has 0 radical (unpaired) electrons. The molecule has 0 aromatic heterocycles. The van der Waals surface area contributed by atoms with Crippen molar-refractivity contribution in [2.45, 2.75) is 32.9 Å². The van der Waals surface area contributed by atoms with Crippen LogP contribution in [0.4, 0.5) is 4.79 Å². The molecule has 30 heavy (non-hydrogen) atoms. The molecule has 2 rings (SSSR count). The number of urea groups is 1. The number of methoxy groups -OCH3 is 2. The van der Waals surface area contributed by atoms with Gasteiger partial charge >= 0.3 is 6.03 Å². The van der Waals surface area contributed by atoms with Crippen LogP contribution in [-0.4, -0.2) is 38.7 Å². The van der Waals surface area contributed by atoms with Crippen LogP contribution >= 0.6 is 0 Å². The number of carbonyl (C=O) groups is 2. The van der Waals surface area contributed by atoms with Gasteiger partial charge in [-0.3, -0.25) is 4.79 Å². The van der Waals surface area contributed by atoms with Gasteiger partial charge in [0.1, 0.15) is 6.04 Å². The molecule has 1 atom stereocenters. The first-order chi connectivity index (χ1) is 14.4. The predicted molar refractivity (Wildman–Crippen MR) is 117 cm³/mol. The van der Waals surface area contributed by atoms with Gasteiger partial charge in [0.15, 0.2) is 11.5 Å². The molecule has 1 unspecified atom stereocenters. The summed E-state index contributed by atoms with van der Waals surface area (Å²) in [4.78, 5) is 24.8. The molecule has 0 aliphatic carbocycles. The van der Waals surface area contributed by atoms with Gasteiger partial charge in [-0.05, 0) is 35.6 Å². The fourth-order valence-corrected chi connectivity index (χ4v) is 2.98. The number of benzene rings is 2. The topological polar surface area (TPSA) is 88.7 Å². The molecule has 0 bridgehead atoms. The minimum atomic E-state index is -0.619. The predicted octanol–water partition coefficient (Wildman–Crippen LogP) is 2.89. The van der Waals surface area contributed by atoms with E-state index in [1.165, 1.54) is 0 Å². The smallest absolute Gasteiger partial charge is 0.315 e. The Bertz CT molecular complexity index is 824. The lowest BCUT2D eigenvalue weighted by molar-refractivity contribution is -0.123. The van der Waals surface area contributed by atoms with Crippen molar-refractivity contribution in [3.05, 3.63) is 59.7 Å². The Labute approximate surface area is 178 Å². The summed E-state index contributed by atoms with van der Waals surface area (Å²) < 4.78 is 10.5. The molecule has 2 aromatic carbocycles. The minimum Gasteiger partial charge on any atom is -0.493 e. The maximum atomic E-state index is 12.6. The summed E-state index contributed by atoms with van der Waals surface area (Å²) in [5.74, 6) is 1.06. The van der Waals surface area contributed by atoms with Crippen molar-refractivity contribution in [1.82, 2.24) is 16.0 Å². The summed E-state index contributed by atoms with van der Waals surface area (Å²) in [6.07, 6.45) is 0.636. The summed E-state index contributed by atoms with van der Waals surface area (Å²) in [5.41, 5.74) is 2.01. The van der Waals surface area contributed by atoms with E-state index in [2.05, 4.69) is 16.0 Å². The van der Waals surface area contributed by atoms with E-state index in [4.69, 9.17) is 9.47 Å². The lowest BCUT2D eigenvalue weighted by Gasteiger charge is -2.22. The Morgan fingerprint density at radius 2 is 1.60 bits per heavy atom. The Balaban J connectivity index is 1.84. The number of hydrogen-bond acceptors (Lipinski definition) is 4. The van der Waals surface area contributed by atoms with Gasteiger partial charge < -0.3 is 25.4 Å². The Kier molecular flexibility index (Phi) is 9.00. The molecule has 3 amide bonds. The van der Waals surface area contributed by atoms with Crippen LogP contribution in [0.2, 0.25) is 0 Å². The molecule has 0 fully saturated rings. The average molecular weight is 414 g/mol. The summed E-state index contributed by atoms with van der Waals surface area (Å²) in [6.45, 7) is 4.65. The number of amides is 3. The van der Waals surface area contributed by atoms with Crippen molar-refractivity contribution in [3.8, 4) is 11.5 Å². The lowest BCUT2D eigenvalue weighted by atomic mass is 10.0. The summed E-state index contributed by atoms with van der Waals surface area (Å²) in [6, 6.07) is 14.3. The molecule has 7 heteroatoms. The van der Waals surface area contributed by atoms with Gasteiger partial charge in [-0.2, -0.15) is 0 Å². The van der Waals surface area contributed by atoms with E-state index in [0.29, 0.717) is 31.0 Å². The number of hydrogen-bond donors (Lipinski definition) is 3. The summed E-state index contributed by atoms with van der Waals surface area (Å²) in [7, 11) is 3.18. The van der Waals surface area contributed by atoms with E-state index in [-0.39, 0.29) is 17.9 Å². The molecule has 0 saturated heterocycles. The molecule has 0 spiro atoms. The van der Waals surface area contributed by atoms with Crippen LogP contribution < -0.4 is 25.4 Å². The molecule has 162 valence electrons. The molecule has 2 aromatic rings. The Morgan fingerprint density at radius 3 is 2.23 bits per heavy atom. The zero-order valence-electron chi connectivity index (χ0n) is 18.0. The Morgan fingerprint density at radius 1 is 0.900 bits per heavy atom. The van der Waals surface area contributed by atoms with Crippen molar-refractivity contribution >= 4 is 11.9 Å². The quantitative estimate of drug-likeness (QED) is 0.559. The number of ether oxygens (including phenoxy) is 2. The van der Waals surface area contributed by atoms with Crippen LogP contribution in [0.25, 0.3) is 0 Å². The van der Waals surface area contributed by atoms with Crippen LogP contribution in [0.5, 0.6) is 11.5 Å². The fraction of sp³-hybridized carbons (Fsp3) is 0.391. The van der Waals surface area contributed by atoms with Gasteiger partial charge in [0.25, 0.3) is 0 Å². The van der Waals surface area contributed by atoms with Crippen molar-refractivity contribution < 1.29 is 19.1 Å². The van der Waals surface area contributed by atoms with Crippen molar-refractivity contribution in [2.75, 3.05) is 20.8 Å². The minimum absolute atomic E-state index is 0.0476. The van der Waals surface area contributed by atoms with Crippen LogP contribution in [0, 0.1) is 5.92 Å². The molecule has 0 saturated carbocycles. The standard InChI is InChI=1S/C23H31N3O4/c1-16(2)21(26-23(28)25-15-18-8-6-5-7-9-18)22(27)24-13-12-17-10-11-19(29-3)20(14-17)30-4/h5-11,14,16,21H,12-13,15H2,1-4H3,(H,24,27)(H2,25,26,28). The number of rotatable bonds is 10. The van der Waals surface area contributed by atoms with Crippen LogP contribution in [-0.2, 0) is 17.8 Å². The largest absolute Gasteiger partial charge is 0.493 e. The van der Waals surface area contributed by atoms with Crippen LogP contribution in [0.1, 0.15) is 25.0 Å². The number of nitrogens with one attached hydrogen (secondary N) is 3. The van der Waals surface area contributed by atoms with E-state index >= 15 is 0 Å². The Hall–Kier alpha value is -3.22. The van der Waals surface area contributed by atoms with Gasteiger partial charge in [0.2, 0.25) is 5.91 Å². The van der Waals surface area contributed by atoms with E-state index in [9.17, 15) is 9.59 Å². The van der Waals surface area contributed by atoms with E-state index < -0.39 is 6.04 Å². The highest BCUT2D eigenvalue weighted by Crippen LogP contribution is 2.27. The molecular weight excluding hydrogens is 382 g/mol. The first-order valence-corrected chi connectivity index (χ1v) is 10.0. The highest BCUT2D eigenvalue weighted by molar-refractivity contribution is 5.87. The molecule has 0 aliphatic rings. The maximum Gasteiger partial charge on any atom is 0.315 e. The van der Waals surface area contributed by atoms with Crippen LogP contribution in [0.3, 0.4) is 0 Å². The summed E-state index contributed by atoms with van der Waals surface area (Å²) in [5, 5.41) is 8.46. The van der Waals surface area contributed by atoms with Gasteiger partial charge in [-0.25, -0.2) is 4.79 Å². The normalized spacial score (nSPS) is 11.5. The molecule has 3 N–H and O–H groups in total. The third-order valence-electron chi connectivity index (χ3n) is 4.69. The average Bonchev–Trinajstić information content (AvgIpc) is 2.76. The summed E-state index contributed by atoms with van der Waals surface area (Å²) >= 11 is 0. The first-order valence-electron chi connectivity index (χ1n) is 10.0. The third-order valence-corrected chi connectivity index (χ3v) is 4.69. The van der Waals surface area contributed by atoms with E-state index in [1.54, 1.807) is 14.2 Å². The SMILES string of the molecule is COc1ccc(CCNC(=O)C(NC(=O)NCc2ccccc2)C(C)C)cc1OC. The highest BCUT2D eigenvalue weighted by Gasteiger charge is 2.23. The van der Waals surface area contributed by atoms with Gasteiger partial charge in [0.05, 0.1) is 14.2 Å². The first kappa shape index (κ1) is 23.1. The van der Waals surface area contributed by atoms with Crippen molar-refractivity contribution in [1.29, 1.82) is 0 Å².